The quantitative estimate of drug-likeness (QED) is 0.479. The molecule has 0 aromatic carbocycles. The van der Waals surface area contributed by atoms with Crippen molar-refractivity contribution in [2.45, 2.75) is 11.6 Å². The number of carbonyl (C=O) groups is 2. The third-order valence-corrected chi connectivity index (χ3v) is 5.82. The van der Waals surface area contributed by atoms with Gasteiger partial charge in [-0.15, -0.1) is 21.5 Å². The molecule has 27 heavy (non-hydrogen) atoms. The maximum absolute atomic E-state index is 12.2. The molecule has 0 saturated heterocycles. The van der Waals surface area contributed by atoms with Crippen molar-refractivity contribution in [3.8, 4) is 0 Å². The minimum Gasteiger partial charge on any atom is -0.465 e. The zero-order chi connectivity index (χ0) is 19.4. The largest absolute Gasteiger partial charge is 0.465 e. The van der Waals surface area contributed by atoms with Crippen molar-refractivity contribution in [1.29, 1.82) is 0 Å². The average Bonchev–Trinajstić information content (AvgIpc) is 3.36. The van der Waals surface area contributed by atoms with Crippen molar-refractivity contribution in [2.75, 3.05) is 18.2 Å². The fraction of sp³-hybridized carbons (Fsp3) is 0.294. The molecule has 0 atom stereocenters. The van der Waals surface area contributed by atoms with Crippen molar-refractivity contribution in [3.05, 3.63) is 46.9 Å². The lowest BCUT2D eigenvalue weighted by atomic mass is 10.3. The number of hydrogen-bond donors (Lipinski definition) is 1. The minimum atomic E-state index is -0.474. The first-order chi connectivity index (χ1) is 13.0. The Morgan fingerprint density at radius 2 is 2.11 bits per heavy atom. The van der Waals surface area contributed by atoms with Crippen LogP contribution in [0.5, 0.6) is 0 Å². The lowest BCUT2D eigenvalue weighted by molar-refractivity contribution is -0.113. The van der Waals surface area contributed by atoms with E-state index in [2.05, 4.69) is 15.5 Å². The van der Waals surface area contributed by atoms with E-state index >= 15 is 0 Å². The summed E-state index contributed by atoms with van der Waals surface area (Å²) in [6, 6.07) is 5.64. The van der Waals surface area contributed by atoms with E-state index in [1.807, 2.05) is 41.6 Å². The second-order valence-electron chi connectivity index (χ2n) is 5.74. The lowest BCUT2D eigenvalue weighted by Gasteiger charge is -2.06. The number of amides is 1. The monoisotopic (exact) mass is 405 g/mol. The molecule has 0 unspecified atom stereocenters. The fourth-order valence-electron chi connectivity index (χ4n) is 2.44. The number of thiophene rings is 1. The van der Waals surface area contributed by atoms with Gasteiger partial charge in [-0.25, -0.2) is 4.79 Å². The van der Waals surface area contributed by atoms with Gasteiger partial charge in [-0.1, -0.05) is 11.8 Å². The van der Waals surface area contributed by atoms with Crippen molar-refractivity contribution in [2.24, 2.45) is 14.1 Å². The number of nitrogens with one attached hydrogen (secondary N) is 1. The fourth-order valence-corrected chi connectivity index (χ4v) is 3.96. The Balaban J connectivity index is 1.59. The van der Waals surface area contributed by atoms with E-state index in [1.54, 1.807) is 11.4 Å². The van der Waals surface area contributed by atoms with Crippen LogP contribution in [0.1, 0.15) is 21.9 Å². The Kier molecular flexibility index (Phi) is 5.97. The maximum atomic E-state index is 12.2. The van der Waals surface area contributed by atoms with Gasteiger partial charge in [0, 0.05) is 32.4 Å². The Hall–Kier alpha value is -2.59. The van der Waals surface area contributed by atoms with Crippen molar-refractivity contribution in [3.63, 3.8) is 0 Å². The van der Waals surface area contributed by atoms with E-state index in [0.717, 1.165) is 11.5 Å². The molecule has 0 bridgehead atoms. The zero-order valence-corrected chi connectivity index (χ0v) is 16.8. The number of thioether (sulfide) groups is 1. The highest BCUT2D eigenvalue weighted by atomic mass is 32.2. The molecule has 0 spiro atoms. The third kappa shape index (κ3) is 4.40. The van der Waals surface area contributed by atoms with E-state index in [1.165, 1.54) is 30.2 Å². The molecule has 0 radical (unpaired) electrons. The average molecular weight is 406 g/mol. The van der Waals surface area contributed by atoms with Gasteiger partial charge >= 0.3 is 5.97 Å². The van der Waals surface area contributed by atoms with Gasteiger partial charge in [0.15, 0.2) is 5.16 Å². The SMILES string of the molecule is COC(=O)c1ccsc1NC(=O)CSc1nnc(Cc2cccn2C)n1C. The molecular weight excluding hydrogens is 386 g/mol. The van der Waals surface area contributed by atoms with Gasteiger partial charge in [0.25, 0.3) is 0 Å². The van der Waals surface area contributed by atoms with Gasteiger partial charge in [-0.3, -0.25) is 4.79 Å². The highest BCUT2D eigenvalue weighted by Crippen LogP contribution is 2.25. The van der Waals surface area contributed by atoms with Crippen molar-refractivity contribution >= 4 is 40.0 Å². The molecule has 3 rings (SSSR count). The number of rotatable bonds is 7. The molecule has 1 amide bonds. The Labute approximate surface area is 164 Å². The van der Waals surface area contributed by atoms with E-state index in [0.29, 0.717) is 22.1 Å². The zero-order valence-electron chi connectivity index (χ0n) is 15.1. The van der Waals surface area contributed by atoms with Gasteiger partial charge in [-0.05, 0) is 23.6 Å². The van der Waals surface area contributed by atoms with Crippen LogP contribution < -0.4 is 5.32 Å². The van der Waals surface area contributed by atoms with Gasteiger partial charge in [-0.2, -0.15) is 0 Å². The molecule has 0 saturated carbocycles. The number of aromatic nitrogens is 4. The Morgan fingerprint density at radius 1 is 1.30 bits per heavy atom. The van der Waals surface area contributed by atoms with Crippen LogP contribution in [0.4, 0.5) is 5.00 Å². The van der Waals surface area contributed by atoms with Crippen LogP contribution in [0, 0.1) is 0 Å². The van der Waals surface area contributed by atoms with Gasteiger partial charge in [0.2, 0.25) is 5.91 Å². The topological polar surface area (TPSA) is 91.0 Å². The molecule has 3 heterocycles. The minimum absolute atomic E-state index is 0.161. The summed E-state index contributed by atoms with van der Waals surface area (Å²) in [4.78, 5) is 23.9. The molecule has 0 fully saturated rings. The number of esters is 1. The molecule has 1 N–H and O–H groups in total. The van der Waals surface area contributed by atoms with Gasteiger partial charge < -0.3 is 19.2 Å². The van der Waals surface area contributed by atoms with Crippen LogP contribution in [0.15, 0.2) is 34.9 Å². The predicted octanol–water partition coefficient (Wildman–Crippen LogP) is 2.32. The first-order valence-corrected chi connectivity index (χ1v) is 9.93. The number of nitrogens with zero attached hydrogens (tertiary/aromatic N) is 4. The summed E-state index contributed by atoms with van der Waals surface area (Å²) in [5, 5.41) is 14.0. The molecule has 142 valence electrons. The summed E-state index contributed by atoms with van der Waals surface area (Å²) in [7, 11) is 5.18. The third-order valence-electron chi connectivity index (χ3n) is 3.97. The number of carbonyl (C=O) groups excluding carboxylic acids is 2. The maximum Gasteiger partial charge on any atom is 0.340 e. The lowest BCUT2D eigenvalue weighted by Crippen LogP contribution is -2.16. The highest BCUT2D eigenvalue weighted by Gasteiger charge is 2.17. The van der Waals surface area contributed by atoms with Gasteiger partial charge in [0.1, 0.15) is 10.8 Å². The summed E-state index contributed by atoms with van der Waals surface area (Å²) in [5.74, 6) is 0.289. The van der Waals surface area contributed by atoms with Crippen molar-refractivity contribution < 1.29 is 14.3 Å². The smallest absolute Gasteiger partial charge is 0.340 e. The van der Waals surface area contributed by atoms with E-state index in [9.17, 15) is 9.59 Å². The molecule has 3 aromatic heterocycles. The second kappa shape index (κ2) is 8.40. The second-order valence-corrected chi connectivity index (χ2v) is 7.60. The van der Waals surface area contributed by atoms with Crippen LogP contribution in [0.3, 0.4) is 0 Å². The molecule has 0 aliphatic heterocycles. The molecule has 10 heteroatoms. The van der Waals surface area contributed by atoms with E-state index < -0.39 is 5.97 Å². The highest BCUT2D eigenvalue weighted by molar-refractivity contribution is 7.99. The summed E-state index contributed by atoms with van der Waals surface area (Å²) in [5.41, 5.74) is 1.48. The molecule has 8 nitrogen and oxygen atoms in total. The number of ether oxygens (including phenoxy) is 1. The Morgan fingerprint density at radius 3 is 2.81 bits per heavy atom. The van der Waals surface area contributed by atoms with Gasteiger partial charge in [0.05, 0.1) is 18.4 Å². The summed E-state index contributed by atoms with van der Waals surface area (Å²) in [6.07, 6.45) is 2.65. The van der Waals surface area contributed by atoms with E-state index in [-0.39, 0.29) is 11.7 Å². The molecule has 3 aromatic rings. The summed E-state index contributed by atoms with van der Waals surface area (Å²) >= 11 is 2.57. The first kappa shape index (κ1) is 19.2. The number of aryl methyl sites for hydroxylation is 1. The van der Waals surface area contributed by atoms with Crippen LogP contribution in [0.25, 0.3) is 0 Å². The standard InChI is InChI=1S/C17H19N5O3S2/c1-21-7-4-5-11(21)9-13-19-20-17(22(13)2)27-10-14(23)18-15-12(6-8-26-15)16(24)25-3/h4-8H,9-10H2,1-3H3,(H,18,23). The Bertz CT molecular complexity index is 960. The number of hydrogen-bond acceptors (Lipinski definition) is 7. The number of anilines is 1. The van der Waals surface area contributed by atoms with Crippen LogP contribution in [-0.2, 0) is 30.0 Å². The summed E-state index contributed by atoms with van der Waals surface area (Å²) < 4.78 is 8.63. The number of methoxy groups -OCH3 is 1. The summed E-state index contributed by atoms with van der Waals surface area (Å²) in [6.45, 7) is 0. The first-order valence-electron chi connectivity index (χ1n) is 8.06. The van der Waals surface area contributed by atoms with Crippen molar-refractivity contribution in [1.82, 2.24) is 19.3 Å². The van der Waals surface area contributed by atoms with E-state index in [4.69, 9.17) is 4.74 Å². The van der Waals surface area contributed by atoms with Crippen LogP contribution in [-0.4, -0.2) is 44.1 Å². The van der Waals surface area contributed by atoms with Crippen LogP contribution >= 0.6 is 23.1 Å². The van der Waals surface area contributed by atoms with Crippen LogP contribution in [0.2, 0.25) is 0 Å². The predicted molar refractivity (Wildman–Crippen MR) is 104 cm³/mol. The molecule has 0 aliphatic rings. The normalized spacial score (nSPS) is 10.8. The molecular formula is C17H19N5O3S2. The molecule has 0 aliphatic carbocycles.